The molecule has 0 spiro atoms. The van der Waals surface area contributed by atoms with Gasteiger partial charge in [0.25, 0.3) is 11.8 Å². The van der Waals surface area contributed by atoms with Crippen molar-refractivity contribution in [2.75, 3.05) is 6.61 Å². The van der Waals surface area contributed by atoms with Crippen LogP contribution in [-0.2, 0) is 9.59 Å². The van der Waals surface area contributed by atoms with Gasteiger partial charge in [-0.2, -0.15) is 0 Å². The van der Waals surface area contributed by atoms with Crippen molar-refractivity contribution in [3.8, 4) is 5.75 Å². The number of aliphatic imine (C=N–C) groups is 1. The molecule has 0 bridgehead atoms. The van der Waals surface area contributed by atoms with Crippen molar-refractivity contribution in [2.45, 2.75) is 0 Å². The SMILES string of the molecule is NC(=O)COc1ccc(/C=C2\SC(=Nc3ccc(Cl)c(Cl)c3)NC2=O)cc1. The van der Waals surface area contributed by atoms with Gasteiger partial charge < -0.3 is 15.8 Å². The highest BCUT2D eigenvalue weighted by atomic mass is 35.5. The number of ether oxygens (including phenoxy) is 1. The van der Waals surface area contributed by atoms with Gasteiger partial charge >= 0.3 is 0 Å². The van der Waals surface area contributed by atoms with Crippen LogP contribution in [0.1, 0.15) is 5.56 Å². The zero-order valence-electron chi connectivity index (χ0n) is 13.7. The van der Waals surface area contributed by atoms with E-state index in [4.69, 9.17) is 33.7 Å². The first-order chi connectivity index (χ1) is 12.9. The summed E-state index contributed by atoms with van der Waals surface area (Å²) in [5.41, 5.74) is 6.42. The molecule has 0 atom stereocenters. The second-order valence-electron chi connectivity index (χ2n) is 5.40. The third-order valence-corrected chi connectivity index (χ3v) is 4.99. The van der Waals surface area contributed by atoms with Crippen LogP contribution in [0.3, 0.4) is 0 Å². The van der Waals surface area contributed by atoms with Gasteiger partial charge in [0.15, 0.2) is 11.8 Å². The minimum Gasteiger partial charge on any atom is -0.484 e. The lowest BCUT2D eigenvalue weighted by molar-refractivity contribution is -0.120. The van der Waals surface area contributed by atoms with Crippen LogP contribution in [0.25, 0.3) is 6.08 Å². The molecule has 0 saturated carbocycles. The summed E-state index contributed by atoms with van der Waals surface area (Å²) in [5.74, 6) is -0.275. The van der Waals surface area contributed by atoms with E-state index in [1.54, 1.807) is 48.5 Å². The maximum Gasteiger partial charge on any atom is 0.264 e. The second-order valence-corrected chi connectivity index (χ2v) is 7.25. The Labute approximate surface area is 169 Å². The van der Waals surface area contributed by atoms with E-state index in [9.17, 15) is 9.59 Å². The summed E-state index contributed by atoms with van der Waals surface area (Å²) in [6, 6.07) is 11.9. The van der Waals surface area contributed by atoms with E-state index in [-0.39, 0.29) is 12.5 Å². The monoisotopic (exact) mass is 421 g/mol. The lowest BCUT2D eigenvalue weighted by Crippen LogP contribution is -2.19. The first-order valence-corrected chi connectivity index (χ1v) is 9.24. The van der Waals surface area contributed by atoms with E-state index in [0.717, 1.165) is 5.56 Å². The number of primary amides is 1. The summed E-state index contributed by atoms with van der Waals surface area (Å²) in [7, 11) is 0. The maximum atomic E-state index is 12.1. The van der Waals surface area contributed by atoms with Crippen molar-refractivity contribution in [1.29, 1.82) is 0 Å². The molecule has 1 aliphatic rings. The molecule has 1 saturated heterocycles. The first kappa shape index (κ1) is 19.3. The van der Waals surface area contributed by atoms with Gasteiger partial charge in [0.1, 0.15) is 5.75 Å². The van der Waals surface area contributed by atoms with Gasteiger partial charge in [0.05, 0.1) is 20.6 Å². The standard InChI is InChI=1S/C18H13Cl2N3O3S/c19-13-6-3-11(8-14(13)20)22-18-23-17(25)15(27-18)7-10-1-4-12(5-2-10)26-9-16(21)24/h1-8H,9H2,(H2,21,24)(H,22,23,25)/b15-7-. The van der Waals surface area contributed by atoms with Crippen LogP contribution in [0.15, 0.2) is 52.4 Å². The van der Waals surface area contributed by atoms with Crippen molar-refractivity contribution < 1.29 is 14.3 Å². The summed E-state index contributed by atoms with van der Waals surface area (Å²) in [6.45, 7) is -0.187. The van der Waals surface area contributed by atoms with Gasteiger partial charge in [-0.1, -0.05) is 35.3 Å². The van der Waals surface area contributed by atoms with Crippen LogP contribution in [0.5, 0.6) is 5.75 Å². The molecule has 3 rings (SSSR count). The highest BCUT2D eigenvalue weighted by Crippen LogP contribution is 2.31. The number of nitrogens with one attached hydrogen (secondary N) is 1. The molecule has 27 heavy (non-hydrogen) atoms. The molecule has 9 heteroatoms. The fraction of sp³-hybridized carbons (Fsp3) is 0.0556. The molecule has 1 aliphatic heterocycles. The zero-order chi connectivity index (χ0) is 19.4. The maximum absolute atomic E-state index is 12.1. The number of thioether (sulfide) groups is 1. The van der Waals surface area contributed by atoms with Crippen LogP contribution in [0.2, 0.25) is 10.0 Å². The van der Waals surface area contributed by atoms with E-state index in [2.05, 4.69) is 10.3 Å². The molecule has 0 aromatic heterocycles. The van der Waals surface area contributed by atoms with Crippen LogP contribution in [0, 0.1) is 0 Å². The molecule has 2 amide bonds. The summed E-state index contributed by atoms with van der Waals surface area (Å²) in [4.78, 5) is 27.7. The van der Waals surface area contributed by atoms with Gasteiger partial charge in [0, 0.05) is 0 Å². The van der Waals surface area contributed by atoms with E-state index >= 15 is 0 Å². The fourth-order valence-electron chi connectivity index (χ4n) is 2.12. The Hall–Kier alpha value is -2.48. The summed E-state index contributed by atoms with van der Waals surface area (Å²) in [5, 5.41) is 3.98. The zero-order valence-corrected chi connectivity index (χ0v) is 16.1. The molecule has 2 aromatic rings. The Morgan fingerprint density at radius 2 is 1.93 bits per heavy atom. The van der Waals surface area contributed by atoms with Crippen molar-refractivity contribution in [3.05, 3.63) is 63.0 Å². The third kappa shape index (κ3) is 5.26. The van der Waals surface area contributed by atoms with E-state index in [1.807, 2.05) is 0 Å². The van der Waals surface area contributed by atoms with Crippen molar-refractivity contribution in [3.63, 3.8) is 0 Å². The average molecular weight is 422 g/mol. The van der Waals surface area contributed by atoms with Gasteiger partial charge in [-0.3, -0.25) is 9.59 Å². The molecule has 3 N–H and O–H groups in total. The molecule has 0 aliphatic carbocycles. The lowest BCUT2D eigenvalue weighted by Gasteiger charge is -2.03. The number of amidine groups is 1. The smallest absolute Gasteiger partial charge is 0.264 e. The van der Waals surface area contributed by atoms with Crippen molar-refractivity contribution in [1.82, 2.24) is 5.32 Å². The normalized spacial score (nSPS) is 16.6. The Bertz CT molecular complexity index is 959. The predicted octanol–water partition coefficient (Wildman–Crippen LogP) is 3.75. The Morgan fingerprint density at radius 1 is 1.19 bits per heavy atom. The Balaban J connectivity index is 1.72. The number of rotatable bonds is 5. The highest BCUT2D eigenvalue weighted by Gasteiger charge is 2.23. The highest BCUT2D eigenvalue weighted by molar-refractivity contribution is 8.18. The predicted molar refractivity (Wildman–Crippen MR) is 108 cm³/mol. The van der Waals surface area contributed by atoms with E-state index in [0.29, 0.717) is 31.6 Å². The summed E-state index contributed by atoms with van der Waals surface area (Å²) < 4.78 is 5.20. The van der Waals surface area contributed by atoms with Gasteiger partial charge in [-0.25, -0.2) is 4.99 Å². The molecular weight excluding hydrogens is 409 g/mol. The average Bonchev–Trinajstić information content (AvgIpc) is 2.96. The lowest BCUT2D eigenvalue weighted by atomic mass is 10.2. The minimum absolute atomic E-state index is 0.187. The number of hydrogen-bond donors (Lipinski definition) is 2. The molecule has 6 nitrogen and oxygen atoms in total. The third-order valence-electron chi connectivity index (χ3n) is 3.34. The molecule has 0 unspecified atom stereocenters. The minimum atomic E-state index is -0.547. The fourth-order valence-corrected chi connectivity index (χ4v) is 3.25. The summed E-state index contributed by atoms with van der Waals surface area (Å²) in [6.07, 6.45) is 1.73. The molecule has 2 aromatic carbocycles. The van der Waals surface area contributed by atoms with Gasteiger partial charge in [-0.05, 0) is 53.7 Å². The number of halogens is 2. The number of benzene rings is 2. The van der Waals surface area contributed by atoms with E-state index in [1.165, 1.54) is 11.8 Å². The number of hydrogen-bond acceptors (Lipinski definition) is 5. The molecular formula is C18H13Cl2N3O3S. The van der Waals surface area contributed by atoms with Crippen molar-refractivity contribution >= 4 is 63.7 Å². The van der Waals surface area contributed by atoms with E-state index < -0.39 is 5.91 Å². The number of amides is 2. The number of nitrogens with two attached hydrogens (primary N) is 1. The van der Waals surface area contributed by atoms with Crippen LogP contribution in [0.4, 0.5) is 5.69 Å². The topological polar surface area (TPSA) is 93.8 Å². The van der Waals surface area contributed by atoms with Crippen LogP contribution in [-0.4, -0.2) is 23.6 Å². The van der Waals surface area contributed by atoms with Crippen LogP contribution < -0.4 is 15.8 Å². The molecule has 1 heterocycles. The molecule has 1 fully saturated rings. The second kappa shape index (κ2) is 8.47. The Kier molecular flexibility index (Phi) is 6.05. The quantitative estimate of drug-likeness (QED) is 0.718. The molecule has 138 valence electrons. The van der Waals surface area contributed by atoms with Gasteiger partial charge in [0.2, 0.25) is 0 Å². The number of nitrogens with zero attached hydrogens (tertiary/aromatic N) is 1. The first-order valence-electron chi connectivity index (χ1n) is 7.66. The number of carbonyl (C=O) groups excluding carboxylic acids is 2. The van der Waals surface area contributed by atoms with Crippen molar-refractivity contribution in [2.24, 2.45) is 10.7 Å². The molecule has 0 radical (unpaired) electrons. The Morgan fingerprint density at radius 3 is 2.59 bits per heavy atom. The van der Waals surface area contributed by atoms with Crippen LogP contribution >= 0.6 is 35.0 Å². The number of carbonyl (C=O) groups is 2. The summed E-state index contributed by atoms with van der Waals surface area (Å²) >= 11 is 13.1. The van der Waals surface area contributed by atoms with Gasteiger partial charge in [-0.15, -0.1) is 0 Å². The largest absolute Gasteiger partial charge is 0.484 e.